The maximum atomic E-state index is 5.73. The summed E-state index contributed by atoms with van der Waals surface area (Å²) in [4.78, 5) is 9.12. The number of aromatic nitrogens is 3. The minimum Gasteiger partial charge on any atom is -0.376 e. The molecule has 4 heterocycles. The third-order valence-electron chi connectivity index (χ3n) is 4.65. The molecule has 124 valence electrons. The minimum absolute atomic E-state index is 0.206. The first-order valence-electron chi connectivity index (χ1n) is 8.16. The highest BCUT2D eigenvalue weighted by molar-refractivity contribution is 5.53. The molecule has 2 fully saturated rings. The summed E-state index contributed by atoms with van der Waals surface area (Å²) in [7, 11) is 2.17. The highest BCUT2D eigenvalue weighted by Gasteiger charge is 2.32. The van der Waals surface area contributed by atoms with Gasteiger partial charge in [0, 0.05) is 25.7 Å². The largest absolute Gasteiger partial charge is 0.376 e. The van der Waals surface area contributed by atoms with Crippen LogP contribution in [0, 0.1) is 6.92 Å². The molecule has 2 saturated heterocycles. The number of hydrogen-bond donors (Lipinski definition) is 0. The van der Waals surface area contributed by atoms with Crippen molar-refractivity contribution in [3.05, 3.63) is 24.2 Å². The van der Waals surface area contributed by atoms with Crippen LogP contribution in [0.25, 0.3) is 5.65 Å². The van der Waals surface area contributed by atoms with Crippen molar-refractivity contribution in [2.24, 2.45) is 0 Å². The van der Waals surface area contributed by atoms with Gasteiger partial charge in [-0.3, -0.25) is 4.90 Å². The number of fused-ring (bicyclic) bond motifs is 1. The van der Waals surface area contributed by atoms with Crippen LogP contribution in [0.4, 0.5) is 5.69 Å². The molecule has 23 heavy (non-hydrogen) atoms. The Morgan fingerprint density at radius 3 is 2.96 bits per heavy atom. The van der Waals surface area contributed by atoms with Crippen molar-refractivity contribution in [2.45, 2.75) is 19.1 Å². The predicted molar refractivity (Wildman–Crippen MR) is 86.9 cm³/mol. The van der Waals surface area contributed by atoms with Crippen molar-refractivity contribution in [2.75, 3.05) is 51.4 Å². The first-order valence-corrected chi connectivity index (χ1v) is 8.16. The molecule has 2 aromatic heterocycles. The van der Waals surface area contributed by atoms with Gasteiger partial charge in [-0.05, 0) is 26.1 Å². The molecule has 0 spiro atoms. The average Bonchev–Trinajstić information content (AvgIpc) is 2.86. The van der Waals surface area contributed by atoms with Gasteiger partial charge >= 0.3 is 0 Å². The highest BCUT2D eigenvalue weighted by Crippen LogP contribution is 2.23. The van der Waals surface area contributed by atoms with Crippen LogP contribution in [0.3, 0.4) is 0 Å². The van der Waals surface area contributed by atoms with E-state index < -0.39 is 0 Å². The summed E-state index contributed by atoms with van der Waals surface area (Å²) in [5.74, 6) is 0.804. The van der Waals surface area contributed by atoms with Gasteiger partial charge in [0.2, 0.25) is 0 Å². The topological polar surface area (TPSA) is 55.1 Å². The van der Waals surface area contributed by atoms with E-state index >= 15 is 0 Å². The predicted octanol–water partition coefficient (Wildman–Crippen LogP) is 0.574. The van der Waals surface area contributed by atoms with Crippen LogP contribution in [-0.2, 0) is 9.47 Å². The summed E-state index contributed by atoms with van der Waals surface area (Å²) < 4.78 is 13.1. The fraction of sp³-hybridized carbons (Fsp3) is 0.625. The molecule has 2 aromatic rings. The van der Waals surface area contributed by atoms with E-state index in [1.807, 2.05) is 17.5 Å². The Morgan fingerprint density at radius 2 is 2.17 bits per heavy atom. The van der Waals surface area contributed by atoms with Crippen LogP contribution >= 0.6 is 0 Å². The van der Waals surface area contributed by atoms with Gasteiger partial charge in [0.1, 0.15) is 5.82 Å². The SMILES string of the molecule is Cc1nc2ccc(N3CC(N(C)CC4COCCO4)C3)cn2n1. The van der Waals surface area contributed by atoms with Gasteiger partial charge in [-0.1, -0.05) is 0 Å². The molecule has 2 aliphatic rings. The molecule has 7 nitrogen and oxygen atoms in total. The fourth-order valence-electron chi connectivity index (χ4n) is 3.23. The number of pyridine rings is 1. The lowest BCUT2D eigenvalue weighted by molar-refractivity contribution is -0.0990. The van der Waals surface area contributed by atoms with Crippen molar-refractivity contribution in [3.8, 4) is 0 Å². The van der Waals surface area contributed by atoms with Crippen LogP contribution in [0.15, 0.2) is 18.3 Å². The number of ether oxygens (including phenoxy) is 2. The van der Waals surface area contributed by atoms with E-state index in [-0.39, 0.29) is 6.10 Å². The van der Waals surface area contributed by atoms with Gasteiger partial charge < -0.3 is 14.4 Å². The zero-order valence-corrected chi connectivity index (χ0v) is 13.7. The highest BCUT2D eigenvalue weighted by atomic mass is 16.6. The van der Waals surface area contributed by atoms with Crippen molar-refractivity contribution >= 4 is 11.3 Å². The summed E-state index contributed by atoms with van der Waals surface area (Å²) in [6.45, 7) is 7.06. The second-order valence-corrected chi connectivity index (χ2v) is 6.42. The van der Waals surface area contributed by atoms with Gasteiger partial charge in [-0.2, -0.15) is 5.10 Å². The zero-order valence-electron chi connectivity index (χ0n) is 13.7. The number of anilines is 1. The second-order valence-electron chi connectivity index (χ2n) is 6.42. The molecule has 0 saturated carbocycles. The van der Waals surface area contributed by atoms with E-state index in [0.717, 1.165) is 37.7 Å². The minimum atomic E-state index is 0.206. The lowest BCUT2D eigenvalue weighted by Crippen LogP contribution is -2.60. The smallest absolute Gasteiger partial charge is 0.155 e. The normalized spacial score (nSPS) is 22.7. The van der Waals surface area contributed by atoms with Gasteiger partial charge in [-0.15, -0.1) is 0 Å². The third-order valence-corrected chi connectivity index (χ3v) is 4.65. The van der Waals surface area contributed by atoms with E-state index in [4.69, 9.17) is 9.47 Å². The molecule has 2 aliphatic heterocycles. The standard InChI is InChI=1S/C16H23N5O2/c1-12-17-16-4-3-13(9-21(16)18-12)20-7-14(8-20)19(2)10-15-11-22-5-6-23-15/h3-4,9,14-15H,5-8,10-11H2,1-2H3. The Hall–Kier alpha value is -1.70. The molecule has 7 heteroatoms. The molecule has 0 bridgehead atoms. The molecule has 0 amide bonds. The average molecular weight is 317 g/mol. The van der Waals surface area contributed by atoms with Crippen LogP contribution < -0.4 is 4.90 Å². The van der Waals surface area contributed by atoms with Gasteiger partial charge in [0.05, 0.1) is 37.8 Å². The summed E-state index contributed by atoms with van der Waals surface area (Å²) in [6, 6.07) is 4.71. The summed E-state index contributed by atoms with van der Waals surface area (Å²) in [5.41, 5.74) is 2.10. The molecule has 1 atom stereocenters. The van der Waals surface area contributed by atoms with Crippen molar-refractivity contribution in [1.82, 2.24) is 19.5 Å². The first kappa shape index (κ1) is 14.9. The maximum Gasteiger partial charge on any atom is 0.155 e. The summed E-state index contributed by atoms with van der Waals surface area (Å²) in [5, 5.41) is 4.38. The van der Waals surface area contributed by atoms with Gasteiger partial charge in [-0.25, -0.2) is 9.50 Å². The van der Waals surface area contributed by atoms with Crippen LogP contribution in [0.1, 0.15) is 5.82 Å². The van der Waals surface area contributed by atoms with Crippen LogP contribution in [-0.4, -0.2) is 78.1 Å². The molecular formula is C16H23N5O2. The monoisotopic (exact) mass is 317 g/mol. The Kier molecular flexibility index (Phi) is 3.92. The number of likely N-dealkylation sites (N-methyl/N-ethyl adjacent to an activating group) is 1. The maximum absolute atomic E-state index is 5.73. The van der Waals surface area contributed by atoms with Crippen molar-refractivity contribution in [3.63, 3.8) is 0 Å². The van der Waals surface area contributed by atoms with Gasteiger partial charge in [0.25, 0.3) is 0 Å². The molecule has 0 N–H and O–H groups in total. The number of rotatable bonds is 4. The Labute approximate surface area is 135 Å². The molecule has 1 unspecified atom stereocenters. The first-order chi connectivity index (χ1) is 11.2. The molecular weight excluding hydrogens is 294 g/mol. The summed E-state index contributed by atoms with van der Waals surface area (Å²) >= 11 is 0. The van der Waals surface area contributed by atoms with Crippen LogP contribution in [0.5, 0.6) is 0 Å². The van der Waals surface area contributed by atoms with Crippen molar-refractivity contribution < 1.29 is 9.47 Å². The lowest BCUT2D eigenvalue weighted by Gasteiger charge is -2.46. The Morgan fingerprint density at radius 1 is 1.30 bits per heavy atom. The number of nitrogens with zero attached hydrogens (tertiary/aromatic N) is 5. The van der Waals surface area contributed by atoms with E-state index in [0.29, 0.717) is 19.3 Å². The number of aryl methyl sites for hydroxylation is 1. The fourth-order valence-corrected chi connectivity index (χ4v) is 3.23. The Bertz CT molecular complexity index is 676. The summed E-state index contributed by atoms with van der Waals surface area (Å²) in [6.07, 6.45) is 2.26. The van der Waals surface area contributed by atoms with E-state index in [2.05, 4.69) is 39.2 Å². The lowest BCUT2D eigenvalue weighted by atomic mass is 10.1. The van der Waals surface area contributed by atoms with Gasteiger partial charge in [0.15, 0.2) is 5.65 Å². The van der Waals surface area contributed by atoms with E-state index in [9.17, 15) is 0 Å². The zero-order chi connectivity index (χ0) is 15.8. The third kappa shape index (κ3) is 3.04. The Balaban J connectivity index is 1.34. The van der Waals surface area contributed by atoms with E-state index in [1.54, 1.807) is 0 Å². The molecule has 0 radical (unpaired) electrons. The molecule has 4 rings (SSSR count). The quantitative estimate of drug-likeness (QED) is 0.822. The van der Waals surface area contributed by atoms with Crippen molar-refractivity contribution in [1.29, 1.82) is 0 Å². The number of hydrogen-bond acceptors (Lipinski definition) is 6. The second kappa shape index (κ2) is 6.07. The van der Waals surface area contributed by atoms with Crippen LogP contribution in [0.2, 0.25) is 0 Å². The van der Waals surface area contributed by atoms with E-state index in [1.165, 1.54) is 5.69 Å². The molecule has 0 aromatic carbocycles. The molecule has 0 aliphatic carbocycles.